The predicted octanol–water partition coefficient (Wildman–Crippen LogP) is 7.13. The standard InChI is InChI=1S/C27H32ClF4N3O/c28-24-12-11-22(15-23(24)27(30,31)32)33-26(36)34-25-6-2-1-5-20(25)17-35-13-3-4-19(16-35)14-18-7-9-21(29)10-8-18/h7-12,15,19-20,25H,1-6,13-14,16-17H2,(H2,33,34,36)/t19-,20-,25+/m0/s1. The fourth-order valence-electron chi connectivity index (χ4n) is 5.54. The first-order valence-electron chi connectivity index (χ1n) is 12.6. The summed E-state index contributed by atoms with van der Waals surface area (Å²) < 4.78 is 52.7. The van der Waals surface area contributed by atoms with Crippen LogP contribution in [0.5, 0.6) is 0 Å². The summed E-state index contributed by atoms with van der Waals surface area (Å²) in [4.78, 5) is 15.1. The van der Waals surface area contributed by atoms with E-state index in [2.05, 4.69) is 15.5 Å². The maximum atomic E-state index is 13.2. The lowest BCUT2D eigenvalue weighted by atomic mass is 9.83. The summed E-state index contributed by atoms with van der Waals surface area (Å²) in [5.41, 5.74) is 0.224. The number of alkyl halides is 3. The minimum Gasteiger partial charge on any atom is -0.335 e. The van der Waals surface area contributed by atoms with Crippen LogP contribution in [0.3, 0.4) is 0 Å². The third-order valence-corrected chi connectivity index (χ3v) is 7.62. The molecule has 0 radical (unpaired) electrons. The lowest BCUT2D eigenvalue weighted by Gasteiger charge is -2.39. The van der Waals surface area contributed by atoms with E-state index in [-0.39, 0.29) is 23.5 Å². The predicted molar refractivity (Wildman–Crippen MR) is 134 cm³/mol. The highest BCUT2D eigenvalue weighted by atomic mass is 35.5. The van der Waals surface area contributed by atoms with Crippen LogP contribution in [0.25, 0.3) is 0 Å². The number of likely N-dealkylation sites (tertiary alicyclic amines) is 1. The first-order valence-corrected chi connectivity index (χ1v) is 13.0. The number of rotatable bonds is 6. The lowest BCUT2D eigenvalue weighted by molar-refractivity contribution is -0.137. The molecule has 2 amide bonds. The van der Waals surface area contributed by atoms with Gasteiger partial charge in [-0.1, -0.05) is 36.6 Å². The van der Waals surface area contributed by atoms with E-state index in [9.17, 15) is 22.4 Å². The quantitative estimate of drug-likeness (QED) is 0.394. The minimum absolute atomic E-state index is 0.0365. The monoisotopic (exact) mass is 525 g/mol. The van der Waals surface area contributed by atoms with Crippen LogP contribution in [0.2, 0.25) is 5.02 Å². The van der Waals surface area contributed by atoms with Crippen molar-refractivity contribution in [1.29, 1.82) is 0 Å². The third kappa shape index (κ3) is 7.35. The normalized spacial score (nSPS) is 23.3. The van der Waals surface area contributed by atoms with Crippen molar-refractivity contribution in [3.8, 4) is 0 Å². The number of halogens is 5. The maximum Gasteiger partial charge on any atom is 0.417 e. The Morgan fingerprint density at radius 3 is 2.53 bits per heavy atom. The average molecular weight is 526 g/mol. The van der Waals surface area contributed by atoms with Gasteiger partial charge >= 0.3 is 12.2 Å². The summed E-state index contributed by atoms with van der Waals surface area (Å²) in [5, 5.41) is 5.15. The SMILES string of the molecule is O=C(Nc1ccc(Cl)c(C(F)(F)F)c1)N[C@@H]1CCCC[C@H]1CN1CCC[C@@H](Cc2ccc(F)cc2)C1. The molecule has 2 aromatic rings. The van der Waals surface area contributed by atoms with E-state index in [0.717, 1.165) is 82.3 Å². The molecule has 0 aromatic heterocycles. The van der Waals surface area contributed by atoms with E-state index >= 15 is 0 Å². The van der Waals surface area contributed by atoms with Crippen LogP contribution in [-0.2, 0) is 12.6 Å². The van der Waals surface area contributed by atoms with E-state index in [0.29, 0.717) is 5.92 Å². The van der Waals surface area contributed by atoms with Crippen LogP contribution in [0.1, 0.15) is 49.7 Å². The van der Waals surface area contributed by atoms with Gasteiger partial charge in [0.2, 0.25) is 0 Å². The average Bonchev–Trinajstić information content (AvgIpc) is 2.83. The smallest absolute Gasteiger partial charge is 0.335 e. The molecule has 9 heteroatoms. The number of carbonyl (C=O) groups excluding carboxylic acids is 1. The van der Waals surface area contributed by atoms with E-state index in [1.165, 1.54) is 18.2 Å². The molecular formula is C27H32ClF4N3O. The molecule has 3 atom stereocenters. The molecule has 1 aliphatic carbocycles. The van der Waals surface area contributed by atoms with Crippen LogP contribution < -0.4 is 10.6 Å². The van der Waals surface area contributed by atoms with E-state index in [4.69, 9.17) is 11.6 Å². The van der Waals surface area contributed by atoms with Crippen LogP contribution in [0.15, 0.2) is 42.5 Å². The molecule has 1 saturated heterocycles. The summed E-state index contributed by atoms with van der Waals surface area (Å²) in [6, 6.07) is 9.54. The zero-order chi connectivity index (χ0) is 25.7. The van der Waals surface area contributed by atoms with Gasteiger partial charge in [-0.05, 0) is 86.4 Å². The molecule has 0 bridgehead atoms. The van der Waals surface area contributed by atoms with Gasteiger partial charge < -0.3 is 15.5 Å². The van der Waals surface area contributed by atoms with E-state index < -0.39 is 22.8 Å². The Morgan fingerprint density at radius 2 is 1.78 bits per heavy atom. The van der Waals surface area contributed by atoms with Crippen molar-refractivity contribution in [2.75, 3.05) is 25.0 Å². The van der Waals surface area contributed by atoms with Gasteiger partial charge in [-0.25, -0.2) is 9.18 Å². The second-order valence-electron chi connectivity index (χ2n) is 10.0. The zero-order valence-corrected chi connectivity index (χ0v) is 20.8. The first-order chi connectivity index (χ1) is 17.2. The Labute approximate surface area is 214 Å². The Kier molecular flexibility index (Phi) is 8.78. The highest BCUT2D eigenvalue weighted by Crippen LogP contribution is 2.36. The highest BCUT2D eigenvalue weighted by Gasteiger charge is 2.34. The summed E-state index contributed by atoms with van der Waals surface area (Å²) in [7, 11) is 0. The van der Waals surface area contributed by atoms with Crippen LogP contribution in [0.4, 0.5) is 28.0 Å². The van der Waals surface area contributed by atoms with Gasteiger partial charge in [-0.3, -0.25) is 0 Å². The Balaban J connectivity index is 1.32. The maximum absolute atomic E-state index is 13.2. The van der Waals surface area contributed by atoms with Crippen molar-refractivity contribution >= 4 is 23.3 Å². The molecule has 2 aliphatic rings. The number of hydrogen-bond acceptors (Lipinski definition) is 2. The minimum atomic E-state index is -4.59. The first kappa shape index (κ1) is 26.7. The van der Waals surface area contributed by atoms with Crippen molar-refractivity contribution in [3.05, 3.63) is 64.4 Å². The second-order valence-corrected chi connectivity index (χ2v) is 10.4. The molecule has 1 aliphatic heterocycles. The lowest BCUT2D eigenvalue weighted by Crippen LogP contribution is -2.49. The number of piperidine rings is 1. The summed E-state index contributed by atoms with van der Waals surface area (Å²) in [6.45, 7) is 2.86. The van der Waals surface area contributed by atoms with Gasteiger partial charge in [-0.2, -0.15) is 13.2 Å². The molecular weight excluding hydrogens is 494 g/mol. The number of nitrogens with one attached hydrogen (secondary N) is 2. The van der Waals surface area contributed by atoms with Gasteiger partial charge in [0, 0.05) is 24.8 Å². The van der Waals surface area contributed by atoms with Gasteiger partial charge in [0.1, 0.15) is 5.82 Å². The fourth-order valence-corrected chi connectivity index (χ4v) is 5.77. The molecule has 1 saturated carbocycles. The third-order valence-electron chi connectivity index (χ3n) is 7.29. The molecule has 2 aromatic carbocycles. The number of carbonyl (C=O) groups is 1. The number of benzene rings is 2. The summed E-state index contributed by atoms with van der Waals surface area (Å²) >= 11 is 5.68. The number of nitrogens with zero attached hydrogens (tertiary/aromatic N) is 1. The molecule has 0 spiro atoms. The van der Waals surface area contributed by atoms with Gasteiger partial charge in [0.05, 0.1) is 10.6 Å². The molecule has 2 fully saturated rings. The Morgan fingerprint density at radius 1 is 1.03 bits per heavy atom. The topological polar surface area (TPSA) is 44.4 Å². The van der Waals surface area contributed by atoms with Crippen molar-refractivity contribution < 1.29 is 22.4 Å². The molecule has 2 N–H and O–H groups in total. The number of anilines is 1. The summed E-state index contributed by atoms with van der Waals surface area (Å²) in [6.07, 6.45) is 2.54. The van der Waals surface area contributed by atoms with Gasteiger partial charge in [0.15, 0.2) is 0 Å². The second kappa shape index (κ2) is 11.8. The zero-order valence-electron chi connectivity index (χ0n) is 20.1. The number of urea groups is 1. The van der Waals surface area contributed by atoms with Gasteiger partial charge in [-0.15, -0.1) is 0 Å². The van der Waals surface area contributed by atoms with Gasteiger partial charge in [0.25, 0.3) is 0 Å². The molecule has 36 heavy (non-hydrogen) atoms. The summed E-state index contributed by atoms with van der Waals surface area (Å²) in [5.74, 6) is 0.570. The van der Waals surface area contributed by atoms with Crippen molar-refractivity contribution in [1.82, 2.24) is 10.2 Å². The van der Waals surface area contributed by atoms with Crippen molar-refractivity contribution in [2.24, 2.45) is 11.8 Å². The molecule has 1 heterocycles. The highest BCUT2D eigenvalue weighted by molar-refractivity contribution is 6.31. The number of amides is 2. The molecule has 0 unspecified atom stereocenters. The van der Waals surface area contributed by atoms with Crippen molar-refractivity contribution in [3.63, 3.8) is 0 Å². The van der Waals surface area contributed by atoms with E-state index in [1.54, 1.807) is 0 Å². The fraction of sp³-hybridized carbons (Fsp3) is 0.519. The molecule has 4 rings (SSSR count). The van der Waals surface area contributed by atoms with E-state index in [1.807, 2.05) is 12.1 Å². The van der Waals surface area contributed by atoms with Crippen LogP contribution >= 0.6 is 11.6 Å². The largest absolute Gasteiger partial charge is 0.417 e. The van der Waals surface area contributed by atoms with Crippen molar-refractivity contribution in [2.45, 2.75) is 57.2 Å². The van der Waals surface area contributed by atoms with Crippen LogP contribution in [0, 0.1) is 17.7 Å². The Hall–Kier alpha value is -2.32. The van der Waals surface area contributed by atoms with Crippen LogP contribution in [-0.4, -0.2) is 36.6 Å². The molecule has 4 nitrogen and oxygen atoms in total. The Bertz CT molecular complexity index is 1030. The number of hydrogen-bond donors (Lipinski definition) is 2. The molecule has 196 valence electrons.